The van der Waals surface area contributed by atoms with E-state index in [4.69, 9.17) is 4.74 Å². The molecule has 2 aliphatic rings. The first kappa shape index (κ1) is 14.3. The van der Waals surface area contributed by atoms with Crippen molar-refractivity contribution in [2.24, 2.45) is 5.41 Å². The smallest absolute Gasteiger partial charge is 0.231 e. The van der Waals surface area contributed by atoms with E-state index in [0.717, 1.165) is 25.7 Å². The molecule has 3 heteroatoms. The second kappa shape index (κ2) is 5.64. The van der Waals surface area contributed by atoms with Crippen LogP contribution in [0.1, 0.15) is 44.2 Å². The van der Waals surface area contributed by atoms with Crippen molar-refractivity contribution >= 4 is 5.91 Å². The van der Waals surface area contributed by atoms with Gasteiger partial charge in [0.15, 0.2) is 0 Å². The van der Waals surface area contributed by atoms with Gasteiger partial charge in [-0.25, -0.2) is 0 Å². The van der Waals surface area contributed by atoms with Gasteiger partial charge in [0, 0.05) is 0 Å². The zero-order chi connectivity index (χ0) is 14.9. The molecule has 1 aromatic carbocycles. The fraction of sp³-hybridized carbons (Fsp3) is 0.500. The average molecular weight is 285 g/mol. The molecule has 2 heterocycles. The highest BCUT2D eigenvalue weighted by Crippen LogP contribution is 2.46. The van der Waals surface area contributed by atoms with Gasteiger partial charge in [0.1, 0.15) is 6.23 Å². The second-order valence-electron chi connectivity index (χ2n) is 6.09. The van der Waals surface area contributed by atoms with Crippen LogP contribution in [-0.4, -0.2) is 23.6 Å². The van der Waals surface area contributed by atoms with Crippen LogP contribution >= 0.6 is 0 Å². The van der Waals surface area contributed by atoms with Crippen LogP contribution < -0.4 is 0 Å². The molecule has 0 radical (unpaired) electrons. The normalized spacial score (nSPS) is 32.0. The van der Waals surface area contributed by atoms with Gasteiger partial charge >= 0.3 is 0 Å². The summed E-state index contributed by atoms with van der Waals surface area (Å²) in [7, 11) is 0. The van der Waals surface area contributed by atoms with Crippen molar-refractivity contribution in [3.05, 3.63) is 48.6 Å². The van der Waals surface area contributed by atoms with Crippen molar-refractivity contribution in [1.82, 2.24) is 4.90 Å². The molecule has 2 fully saturated rings. The summed E-state index contributed by atoms with van der Waals surface area (Å²) in [5, 5.41) is 0. The predicted molar refractivity (Wildman–Crippen MR) is 82.5 cm³/mol. The lowest BCUT2D eigenvalue weighted by atomic mass is 9.73. The number of ether oxygens (including phenoxy) is 1. The van der Waals surface area contributed by atoms with E-state index in [0.29, 0.717) is 6.61 Å². The third-order valence-corrected chi connectivity index (χ3v) is 5.05. The van der Waals surface area contributed by atoms with Crippen LogP contribution in [0.2, 0.25) is 0 Å². The molecule has 0 saturated carbocycles. The lowest BCUT2D eigenvalue weighted by Crippen LogP contribution is -2.51. The summed E-state index contributed by atoms with van der Waals surface area (Å²) in [6, 6.07) is 10.3. The molecule has 0 aromatic heterocycles. The van der Waals surface area contributed by atoms with Gasteiger partial charge in [-0.2, -0.15) is 0 Å². The first-order chi connectivity index (χ1) is 10.2. The minimum atomic E-state index is -0.279. The molecule has 21 heavy (non-hydrogen) atoms. The van der Waals surface area contributed by atoms with Gasteiger partial charge in [-0.15, -0.1) is 6.58 Å². The van der Waals surface area contributed by atoms with E-state index in [2.05, 4.69) is 25.6 Å². The van der Waals surface area contributed by atoms with Crippen molar-refractivity contribution < 1.29 is 9.53 Å². The number of amides is 1. The zero-order valence-electron chi connectivity index (χ0n) is 12.6. The number of carbonyl (C=O) groups is 1. The van der Waals surface area contributed by atoms with E-state index in [9.17, 15) is 4.79 Å². The van der Waals surface area contributed by atoms with Crippen LogP contribution in [0.5, 0.6) is 0 Å². The minimum Gasteiger partial charge on any atom is -0.356 e. The number of fused-ring (bicyclic) bond motifs is 1. The molecule has 3 nitrogen and oxygen atoms in total. The Morgan fingerprint density at radius 3 is 2.86 bits per heavy atom. The van der Waals surface area contributed by atoms with Gasteiger partial charge in [0.25, 0.3) is 0 Å². The molecule has 0 N–H and O–H groups in total. The van der Waals surface area contributed by atoms with Crippen LogP contribution in [0, 0.1) is 5.41 Å². The first-order valence-corrected chi connectivity index (χ1v) is 7.82. The van der Waals surface area contributed by atoms with E-state index >= 15 is 0 Å². The number of nitrogens with zero attached hydrogens (tertiary/aromatic N) is 1. The standard InChI is InChI=1S/C18H23NO2/c1-3-11-18(4-2)12-10-16-19(17(18)20)15(13-21-16)14-8-6-5-7-9-14/h3,5-9,15-16H,1,4,10-13H2,2H3/t15-,16+,18-/m0/s1. The molecular weight excluding hydrogens is 262 g/mol. The maximum Gasteiger partial charge on any atom is 0.231 e. The Morgan fingerprint density at radius 2 is 2.19 bits per heavy atom. The fourth-order valence-electron chi connectivity index (χ4n) is 3.71. The van der Waals surface area contributed by atoms with Gasteiger partial charge < -0.3 is 9.64 Å². The largest absolute Gasteiger partial charge is 0.356 e. The Balaban J connectivity index is 1.92. The number of carbonyl (C=O) groups excluding carboxylic acids is 1. The second-order valence-corrected chi connectivity index (χ2v) is 6.09. The maximum atomic E-state index is 13.1. The molecule has 0 aliphatic carbocycles. The average Bonchev–Trinajstić information content (AvgIpc) is 2.96. The molecule has 0 unspecified atom stereocenters. The third kappa shape index (κ3) is 2.30. The SMILES string of the molecule is C=CC[C@@]1(CC)CC[C@H]2OC[C@@H](c3ccccc3)N2C1=O. The quantitative estimate of drug-likeness (QED) is 0.790. The summed E-state index contributed by atoms with van der Waals surface area (Å²) in [5.41, 5.74) is 0.887. The number of rotatable bonds is 4. The van der Waals surface area contributed by atoms with Gasteiger partial charge in [0.05, 0.1) is 18.1 Å². The molecule has 0 spiro atoms. The zero-order valence-corrected chi connectivity index (χ0v) is 12.6. The monoisotopic (exact) mass is 285 g/mol. The molecule has 2 saturated heterocycles. The fourth-order valence-corrected chi connectivity index (χ4v) is 3.71. The lowest BCUT2D eigenvalue weighted by molar-refractivity contribution is -0.157. The molecule has 0 bridgehead atoms. The predicted octanol–water partition coefficient (Wildman–Crippen LogP) is 3.68. The van der Waals surface area contributed by atoms with E-state index in [1.54, 1.807) is 0 Å². The van der Waals surface area contributed by atoms with Crippen LogP contribution in [0.15, 0.2) is 43.0 Å². The number of hydrogen-bond donors (Lipinski definition) is 0. The molecule has 2 aliphatic heterocycles. The van der Waals surface area contributed by atoms with Crippen molar-refractivity contribution in [3.8, 4) is 0 Å². The summed E-state index contributed by atoms with van der Waals surface area (Å²) in [6.07, 6.45) is 5.28. The summed E-state index contributed by atoms with van der Waals surface area (Å²) >= 11 is 0. The summed E-state index contributed by atoms with van der Waals surface area (Å²) in [6.45, 7) is 6.56. The van der Waals surface area contributed by atoms with E-state index in [1.807, 2.05) is 29.2 Å². The molecular formula is C18H23NO2. The van der Waals surface area contributed by atoms with Crippen molar-refractivity contribution in [2.45, 2.75) is 44.9 Å². The Hall–Kier alpha value is -1.61. The van der Waals surface area contributed by atoms with Crippen LogP contribution in [-0.2, 0) is 9.53 Å². The Kier molecular flexibility index (Phi) is 3.85. The topological polar surface area (TPSA) is 29.5 Å². The van der Waals surface area contributed by atoms with Crippen LogP contribution in [0.3, 0.4) is 0 Å². The van der Waals surface area contributed by atoms with Crippen LogP contribution in [0.25, 0.3) is 0 Å². The van der Waals surface area contributed by atoms with Crippen LogP contribution in [0.4, 0.5) is 0 Å². The van der Waals surface area contributed by atoms with Crippen molar-refractivity contribution in [3.63, 3.8) is 0 Å². The van der Waals surface area contributed by atoms with Gasteiger partial charge in [-0.1, -0.05) is 43.3 Å². The number of allylic oxidation sites excluding steroid dienone is 1. The highest BCUT2D eigenvalue weighted by molar-refractivity contribution is 5.84. The first-order valence-electron chi connectivity index (χ1n) is 7.82. The van der Waals surface area contributed by atoms with Crippen molar-refractivity contribution in [2.75, 3.05) is 6.61 Å². The summed E-state index contributed by atoms with van der Waals surface area (Å²) in [5.74, 6) is 0.243. The van der Waals surface area contributed by atoms with Crippen molar-refractivity contribution in [1.29, 1.82) is 0 Å². The number of piperidine rings is 1. The minimum absolute atomic E-state index is 0.0489. The Labute approximate surface area is 126 Å². The van der Waals surface area contributed by atoms with Gasteiger partial charge in [-0.3, -0.25) is 4.79 Å². The summed E-state index contributed by atoms with van der Waals surface area (Å²) in [4.78, 5) is 15.1. The maximum absolute atomic E-state index is 13.1. The lowest BCUT2D eigenvalue weighted by Gasteiger charge is -2.43. The number of benzene rings is 1. The third-order valence-electron chi connectivity index (χ3n) is 5.05. The van der Waals surface area contributed by atoms with E-state index in [1.165, 1.54) is 5.56 Å². The van der Waals surface area contributed by atoms with Gasteiger partial charge in [0.2, 0.25) is 5.91 Å². The molecule has 112 valence electrons. The Morgan fingerprint density at radius 1 is 1.43 bits per heavy atom. The highest BCUT2D eigenvalue weighted by Gasteiger charge is 2.50. The molecule has 1 amide bonds. The molecule has 3 atom stereocenters. The number of hydrogen-bond acceptors (Lipinski definition) is 2. The van der Waals surface area contributed by atoms with Gasteiger partial charge in [-0.05, 0) is 31.2 Å². The molecule has 1 aromatic rings. The molecule has 3 rings (SSSR count). The Bertz CT molecular complexity index is 527. The summed E-state index contributed by atoms with van der Waals surface area (Å²) < 4.78 is 5.89. The van der Waals surface area contributed by atoms with E-state index < -0.39 is 0 Å². The van der Waals surface area contributed by atoms with E-state index in [-0.39, 0.29) is 23.6 Å². The highest BCUT2D eigenvalue weighted by atomic mass is 16.5.